The minimum atomic E-state index is 0.520. The average Bonchev–Trinajstić information content (AvgIpc) is 2.92. The molecular formula is C16H20Cl2N2. The molecule has 0 spiro atoms. The fraction of sp³-hybridized carbons (Fsp3) is 0.562. The van der Waals surface area contributed by atoms with Crippen molar-refractivity contribution in [3.05, 3.63) is 29.0 Å². The largest absolute Gasteiger partial charge is 0.325 e. The van der Waals surface area contributed by atoms with E-state index in [1.807, 2.05) is 18.2 Å². The topological polar surface area (TPSA) is 17.8 Å². The summed E-state index contributed by atoms with van der Waals surface area (Å²) in [7, 11) is 0. The van der Waals surface area contributed by atoms with Crippen LogP contribution in [0, 0.1) is 11.8 Å². The van der Waals surface area contributed by atoms with Crippen molar-refractivity contribution in [3.63, 3.8) is 0 Å². The minimum absolute atomic E-state index is 0.520. The van der Waals surface area contributed by atoms with Gasteiger partial charge in [-0.05, 0) is 42.9 Å². The molecular weight excluding hydrogens is 291 g/mol. The lowest BCUT2D eigenvalue weighted by Gasteiger charge is -2.22. The monoisotopic (exact) mass is 310 g/mol. The van der Waals surface area contributed by atoms with Gasteiger partial charge in [0.15, 0.2) is 0 Å². The number of nitrogens with zero attached hydrogens (tertiary/aromatic N) is 2. The van der Waals surface area contributed by atoms with Gasteiger partial charge in [0.25, 0.3) is 0 Å². The van der Waals surface area contributed by atoms with E-state index in [4.69, 9.17) is 28.2 Å². The minimum Gasteiger partial charge on any atom is -0.325 e. The molecule has 0 aliphatic heterocycles. The number of imidazole rings is 1. The van der Waals surface area contributed by atoms with Crippen LogP contribution in [-0.2, 0) is 6.42 Å². The number of hydrogen-bond acceptors (Lipinski definition) is 1. The number of fused-ring (bicyclic) bond motifs is 1. The molecule has 0 N–H and O–H groups in total. The predicted molar refractivity (Wildman–Crippen MR) is 85.8 cm³/mol. The second-order valence-corrected chi connectivity index (χ2v) is 6.77. The molecule has 1 saturated carbocycles. The van der Waals surface area contributed by atoms with Crippen molar-refractivity contribution in [1.29, 1.82) is 0 Å². The Kier molecular flexibility index (Phi) is 3.96. The molecule has 0 bridgehead atoms. The summed E-state index contributed by atoms with van der Waals surface area (Å²) in [6, 6.07) is 6.48. The molecule has 108 valence electrons. The lowest BCUT2D eigenvalue weighted by atomic mass is 9.97. The van der Waals surface area contributed by atoms with Gasteiger partial charge in [0.1, 0.15) is 5.82 Å². The van der Waals surface area contributed by atoms with Crippen molar-refractivity contribution >= 4 is 34.2 Å². The molecule has 0 amide bonds. The van der Waals surface area contributed by atoms with Gasteiger partial charge in [0, 0.05) is 23.4 Å². The predicted octanol–water partition coefficient (Wildman–Crippen LogP) is 5.08. The molecule has 1 fully saturated rings. The van der Waals surface area contributed by atoms with Crippen molar-refractivity contribution < 1.29 is 0 Å². The molecule has 20 heavy (non-hydrogen) atoms. The normalized spacial score (nSPS) is 26.5. The zero-order chi connectivity index (χ0) is 14.3. The van der Waals surface area contributed by atoms with E-state index in [9.17, 15) is 0 Å². The third-order valence-electron chi connectivity index (χ3n) is 4.80. The van der Waals surface area contributed by atoms with Gasteiger partial charge in [-0.25, -0.2) is 4.98 Å². The van der Waals surface area contributed by atoms with Crippen molar-refractivity contribution in [2.24, 2.45) is 11.8 Å². The smallest absolute Gasteiger partial charge is 0.111 e. The number of aryl methyl sites for hydroxylation is 1. The molecule has 1 aromatic heterocycles. The lowest BCUT2D eigenvalue weighted by molar-refractivity contribution is 0.352. The van der Waals surface area contributed by atoms with Gasteiger partial charge in [0.2, 0.25) is 0 Å². The molecule has 4 heteroatoms. The first-order chi connectivity index (χ1) is 9.61. The van der Waals surface area contributed by atoms with Crippen LogP contribution in [0.5, 0.6) is 0 Å². The average molecular weight is 311 g/mol. The van der Waals surface area contributed by atoms with Crippen LogP contribution in [0.1, 0.15) is 38.6 Å². The summed E-state index contributed by atoms with van der Waals surface area (Å²) < 4.78 is 2.40. The number of hydrogen-bond donors (Lipinski definition) is 0. The van der Waals surface area contributed by atoms with Crippen molar-refractivity contribution in [2.75, 3.05) is 5.88 Å². The highest BCUT2D eigenvalue weighted by Crippen LogP contribution is 2.42. The van der Waals surface area contributed by atoms with Gasteiger partial charge < -0.3 is 4.57 Å². The number of alkyl halides is 1. The lowest BCUT2D eigenvalue weighted by Crippen LogP contribution is -2.17. The summed E-state index contributed by atoms with van der Waals surface area (Å²) >= 11 is 12.1. The molecule has 1 aliphatic carbocycles. The summed E-state index contributed by atoms with van der Waals surface area (Å²) in [5.41, 5.74) is 2.19. The zero-order valence-electron chi connectivity index (χ0n) is 11.9. The van der Waals surface area contributed by atoms with Crippen LogP contribution in [0.2, 0.25) is 5.02 Å². The van der Waals surface area contributed by atoms with E-state index < -0.39 is 0 Å². The summed E-state index contributed by atoms with van der Waals surface area (Å²) in [6.07, 6.45) is 3.31. The quantitative estimate of drug-likeness (QED) is 0.723. The van der Waals surface area contributed by atoms with E-state index >= 15 is 0 Å². The molecule has 2 aromatic rings. The van der Waals surface area contributed by atoms with Crippen LogP contribution >= 0.6 is 23.2 Å². The van der Waals surface area contributed by atoms with Crippen LogP contribution < -0.4 is 0 Å². The Balaban J connectivity index is 2.15. The summed E-state index contributed by atoms with van der Waals surface area (Å²) in [6.45, 7) is 4.70. The second kappa shape index (κ2) is 5.57. The van der Waals surface area contributed by atoms with Crippen molar-refractivity contribution in [2.45, 2.75) is 39.2 Å². The summed E-state index contributed by atoms with van der Waals surface area (Å²) in [5, 5.41) is 0.773. The molecule has 3 rings (SSSR count). The van der Waals surface area contributed by atoms with Crippen LogP contribution in [-0.4, -0.2) is 15.4 Å². The van der Waals surface area contributed by atoms with Crippen LogP contribution in [0.25, 0.3) is 11.0 Å². The molecule has 1 heterocycles. The van der Waals surface area contributed by atoms with E-state index in [1.54, 1.807) is 0 Å². The molecule has 0 radical (unpaired) electrons. The maximum Gasteiger partial charge on any atom is 0.111 e. The fourth-order valence-electron chi connectivity index (χ4n) is 3.45. The van der Waals surface area contributed by atoms with Crippen LogP contribution in [0.4, 0.5) is 0 Å². The first-order valence-corrected chi connectivity index (χ1v) is 8.25. The molecule has 1 aromatic carbocycles. The number of benzene rings is 1. The third kappa shape index (κ3) is 2.33. The number of aromatic nitrogens is 2. The Bertz CT molecular complexity index is 620. The maximum atomic E-state index is 6.18. The first kappa shape index (κ1) is 14.2. The van der Waals surface area contributed by atoms with Gasteiger partial charge >= 0.3 is 0 Å². The highest BCUT2D eigenvalue weighted by molar-refractivity contribution is 6.31. The van der Waals surface area contributed by atoms with E-state index in [1.165, 1.54) is 12.8 Å². The van der Waals surface area contributed by atoms with Crippen molar-refractivity contribution in [3.8, 4) is 0 Å². The first-order valence-electron chi connectivity index (χ1n) is 7.34. The van der Waals surface area contributed by atoms with Gasteiger partial charge in [-0.2, -0.15) is 0 Å². The third-order valence-corrected chi connectivity index (χ3v) is 5.22. The Morgan fingerprint density at radius 3 is 2.75 bits per heavy atom. The van der Waals surface area contributed by atoms with E-state index in [0.29, 0.717) is 17.8 Å². The second-order valence-electron chi connectivity index (χ2n) is 5.95. The fourth-order valence-corrected chi connectivity index (χ4v) is 3.79. The number of halogens is 2. The van der Waals surface area contributed by atoms with Crippen molar-refractivity contribution in [1.82, 2.24) is 9.55 Å². The Hall–Kier alpha value is -0.730. The van der Waals surface area contributed by atoms with Gasteiger partial charge in [-0.3, -0.25) is 0 Å². The Morgan fingerprint density at radius 2 is 2.10 bits per heavy atom. The SMILES string of the molecule is CC1CCC(n2c(CCCl)nc3ccc(Cl)cc32)C1C. The van der Waals surface area contributed by atoms with Gasteiger partial charge in [0.05, 0.1) is 11.0 Å². The highest BCUT2D eigenvalue weighted by atomic mass is 35.5. The highest BCUT2D eigenvalue weighted by Gasteiger charge is 2.33. The molecule has 2 nitrogen and oxygen atoms in total. The zero-order valence-corrected chi connectivity index (χ0v) is 13.5. The Morgan fingerprint density at radius 1 is 1.30 bits per heavy atom. The maximum absolute atomic E-state index is 6.18. The Labute approximate surface area is 130 Å². The van der Waals surface area contributed by atoms with Crippen LogP contribution in [0.3, 0.4) is 0 Å². The van der Waals surface area contributed by atoms with E-state index in [0.717, 1.165) is 34.2 Å². The molecule has 0 saturated heterocycles. The van der Waals surface area contributed by atoms with E-state index in [-0.39, 0.29) is 0 Å². The standard InChI is InChI=1S/C16H20Cl2N2/c1-10-3-6-14(11(10)2)20-15-9-12(18)4-5-13(15)19-16(20)7-8-17/h4-5,9-11,14H,3,6-8H2,1-2H3. The number of rotatable bonds is 3. The molecule has 1 aliphatic rings. The van der Waals surface area contributed by atoms with Crippen LogP contribution in [0.15, 0.2) is 18.2 Å². The van der Waals surface area contributed by atoms with Gasteiger partial charge in [-0.15, -0.1) is 11.6 Å². The van der Waals surface area contributed by atoms with Gasteiger partial charge in [-0.1, -0.05) is 25.4 Å². The summed E-state index contributed by atoms with van der Waals surface area (Å²) in [5.74, 6) is 3.14. The molecule has 3 atom stereocenters. The summed E-state index contributed by atoms with van der Waals surface area (Å²) in [4.78, 5) is 4.77. The molecule has 3 unspecified atom stereocenters. The van der Waals surface area contributed by atoms with E-state index in [2.05, 4.69) is 18.4 Å².